The van der Waals surface area contributed by atoms with E-state index in [4.69, 9.17) is 11.6 Å². The van der Waals surface area contributed by atoms with E-state index in [0.29, 0.717) is 5.52 Å². The number of carboxylic acid groups (broad SMARTS) is 1. The average molecular weight is 373 g/mol. The summed E-state index contributed by atoms with van der Waals surface area (Å²) in [5.41, 5.74) is 2.42. The Morgan fingerprint density at radius 3 is 2.81 bits per heavy atom. The Bertz CT molecular complexity index is 970. The first kappa shape index (κ1) is 17.9. The molecule has 0 saturated carbocycles. The fourth-order valence-corrected chi connectivity index (χ4v) is 3.04. The van der Waals surface area contributed by atoms with Crippen LogP contribution in [-0.2, 0) is 11.2 Å². The molecule has 8 heteroatoms. The molecule has 2 heterocycles. The Morgan fingerprint density at radius 1 is 1.35 bits per heavy atom. The maximum atomic E-state index is 12.6. The average Bonchev–Trinajstić information content (AvgIpc) is 3.06. The summed E-state index contributed by atoms with van der Waals surface area (Å²) in [4.78, 5) is 27.9. The molecule has 0 radical (unpaired) electrons. The van der Waals surface area contributed by atoms with Crippen molar-refractivity contribution in [1.29, 1.82) is 0 Å². The minimum Gasteiger partial charge on any atom is -0.481 e. The van der Waals surface area contributed by atoms with Gasteiger partial charge in [-0.3, -0.25) is 9.59 Å². The molecule has 2 N–H and O–H groups in total. The smallest absolute Gasteiger partial charge is 0.305 e. The van der Waals surface area contributed by atoms with Gasteiger partial charge in [0.25, 0.3) is 5.91 Å². The zero-order chi connectivity index (χ0) is 18.7. The maximum absolute atomic E-state index is 12.6. The second-order valence-electron chi connectivity index (χ2n) is 5.75. The number of hydrogen-bond acceptors (Lipinski definition) is 4. The fourth-order valence-electron chi connectivity index (χ4n) is 2.84. The number of benzene rings is 1. The van der Waals surface area contributed by atoms with Crippen LogP contribution in [0.4, 0.5) is 0 Å². The van der Waals surface area contributed by atoms with Crippen molar-refractivity contribution in [3.63, 3.8) is 0 Å². The van der Waals surface area contributed by atoms with Crippen LogP contribution in [0.3, 0.4) is 0 Å². The van der Waals surface area contributed by atoms with Gasteiger partial charge in [0.2, 0.25) is 0 Å². The van der Waals surface area contributed by atoms with Gasteiger partial charge in [-0.2, -0.15) is 5.10 Å². The van der Waals surface area contributed by atoms with Crippen LogP contribution in [0, 0.1) is 0 Å². The molecule has 1 amide bonds. The van der Waals surface area contributed by atoms with Gasteiger partial charge in [-0.15, -0.1) is 0 Å². The van der Waals surface area contributed by atoms with Gasteiger partial charge in [-0.25, -0.2) is 9.50 Å². The summed E-state index contributed by atoms with van der Waals surface area (Å²) in [6.45, 7) is 1.98. The van der Waals surface area contributed by atoms with Crippen LogP contribution in [0.15, 0.2) is 42.7 Å². The number of carbonyl (C=O) groups excluding carboxylic acids is 1. The lowest BCUT2D eigenvalue weighted by molar-refractivity contribution is -0.137. The Morgan fingerprint density at radius 2 is 2.12 bits per heavy atom. The number of carboxylic acids is 1. The standard InChI is InChI=1S/C18H17ClN4O3/c1-2-11-5-3-4-6-12(11)13(10-16(24)25)21-18(26)14-9-15-17(19)20-7-8-23(15)22-14/h3-9,13H,2,10H2,1H3,(H,21,26)(H,24,25). The molecule has 1 unspecified atom stereocenters. The highest BCUT2D eigenvalue weighted by atomic mass is 35.5. The largest absolute Gasteiger partial charge is 0.481 e. The molecule has 0 spiro atoms. The number of amides is 1. The molecule has 3 aromatic rings. The minimum absolute atomic E-state index is 0.143. The number of aliphatic carboxylic acids is 1. The summed E-state index contributed by atoms with van der Waals surface area (Å²) < 4.78 is 1.45. The van der Waals surface area contributed by atoms with Gasteiger partial charge < -0.3 is 10.4 Å². The van der Waals surface area contributed by atoms with Crippen molar-refractivity contribution in [1.82, 2.24) is 19.9 Å². The highest BCUT2D eigenvalue weighted by Crippen LogP contribution is 2.23. The van der Waals surface area contributed by atoms with Gasteiger partial charge in [-0.1, -0.05) is 42.8 Å². The lowest BCUT2D eigenvalue weighted by atomic mass is 9.96. The molecule has 7 nitrogen and oxygen atoms in total. The molecule has 26 heavy (non-hydrogen) atoms. The van der Waals surface area contributed by atoms with Crippen LogP contribution in [0.5, 0.6) is 0 Å². The lowest BCUT2D eigenvalue weighted by Crippen LogP contribution is -2.31. The highest BCUT2D eigenvalue weighted by molar-refractivity contribution is 6.32. The third-order valence-electron chi connectivity index (χ3n) is 4.07. The van der Waals surface area contributed by atoms with Gasteiger partial charge in [0.1, 0.15) is 5.52 Å². The summed E-state index contributed by atoms with van der Waals surface area (Å²) in [5.74, 6) is -1.47. The van der Waals surface area contributed by atoms with E-state index in [-0.39, 0.29) is 17.3 Å². The Labute approximate surface area is 154 Å². The van der Waals surface area contributed by atoms with Crippen LogP contribution in [0.2, 0.25) is 5.15 Å². The second kappa shape index (κ2) is 7.53. The van der Waals surface area contributed by atoms with Crippen molar-refractivity contribution in [3.8, 4) is 0 Å². The van der Waals surface area contributed by atoms with E-state index in [2.05, 4.69) is 15.4 Å². The number of rotatable bonds is 6. The number of nitrogens with one attached hydrogen (secondary N) is 1. The van der Waals surface area contributed by atoms with Crippen molar-refractivity contribution in [2.75, 3.05) is 0 Å². The van der Waals surface area contributed by atoms with E-state index in [1.165, 1.54) is 16.8 Å². The van der Waals surface area contributed by atoms with E-state index < -0.39 is 17.9 Å². The Kier molecular flexibility index (Phi) is 5.18. The number of fused-ring (bicyclic) bond motifs is 1. The molecule has 1 atom stereocenters. The predicted molar refractivity (Wildman–Crippen MR) is 96.3 cm³/mol. The zero-order valence-electron chi connectivity index (χ0n) is 14.0. The number of aryl methyl sites for hydroxylation is 1. The quantitative estimate of drug-likeness (QED) is 0.693. The molecule has 2 aromatic heterocycles. The molecule has 0 aliphatic heterocycles. The van der Waals surface area contributed by atoms with Crippen LogP contribution >= 0.6 is 11.6 Å². The van der Waals surface area contributed by atoms with Crippen LogP contribution in [0.25, 0.3) is 5.52 Å². The van der Waals surface area contributed by atoms with Gasteiger partial charge in [0.15, 0.2) is 10.8 Å². The molecular weight excluding hydrogens is 356 g/mol. The molecule has 3 rings (SSSR count). The van der Waals surface area contributed by atoms with Crippen molar-refractivity contribution >= 4 is 29.0 Å². The SMILES string of the molecule is CCc1ccccc1C(CC(=O)O)NC(=O)c1cc2c(Cl)nccn2n1. The van der Waals surface area contributed by atoms with Gasteiger partial charge in [0.05, 0.1) is 12.5 Å². The van der Waals surface area contributed by atoms with Crippen molar-refractivity contribution < 1.29 is 14.7 Å². The third kappa shape index (κ3) is 3.67. The van der Waals surface area contributed by atoms with Gasteiger partial charge >= 0.3 is 5.97 Å². The molecule has 0 aliphatic rings. The molecule has 0 bridgehead atoms. The summed E-state index contributed by atoms with van der Waals surface area (Å²) in [5, 5.41) is 16.4. The summed E-state index contributed by atoms with van der Waals surface area (Å²) >= 11 is 6.00. The van der Waals surface area contributed by atoms with E-state index in [9.17, 15) is 14.7 Å². The first-order valence-corrected chi connectivity index (χ1v) is 8.47. The predicted octanol–water partition coefficient (Wildman–Crippen LogP) is 2.89. The zero-order valence-corrected chi connectivity index (χ0v) is 14.8. The van der Waals surface area contributed by atoms with E-state index in [1.54, 1.807) is 6.20 Å². The summed E-state index contributed by atoms with van der Waals surface area (Å²) in [6, 6.07) is 8.33. The Balaban J connectivity index is 1.91. The molecule has 0 saturated heterocycles. The third-order valence-corrected chi connectivity index (χ3v) is 4.36. The van der Waals surface area contributed by atoms with E-state index in [1.807, 2.05) is 31.2 Å². The molecule has 0 aliphatic carbocycles. The number of carbonyl (C=O) groups is 2. The number of halogens is 1. The van der Waals surface area contributed by atoms with Crippen molar-refractivity contribution in [2.45, 2.75) is 25.8 Å². The molecule has 1 aromatic carbocycles. The van der Waals surface area contributed by atoms with Gasteiger partial charge in [0, 0.05) is 18.5 Å². The normalized spacial score (nSPS) is 12.1. The summed E-state index contributed by atoms with van der Waals surface area (Å²) in [7, 11) is 0. The van der Waals surface area contributed by atoms with Gasteiger partial charge in [-0.05, 0) is 17.5 Å². The maximum Gasteiger partial charge on any atom is 0.305 e. The molecule has 134 valence electrons. The highest BCUT2D eigenvalue weighted by Gasteiger charge is 2.22. The lowest BCUT2D eigenvalue weighted by Gasteiger charge is -2.19. The summed E-state index contributed by atoms with van der Waals surface area (Å²) in [6.07, 6.45) is 3.57. The minimum atomic E-state index is -0.997. The van der Waals surface area contributed by atoms with Crippen molar-refractivity contribution in [3.05, 3.63) is 64.7 Å². The fraction of sp³-hybridized carbons (Fsp3) is 0.222. The van der Waals surface area contributed by atoms with E-state index >= 15 is 0 Å². The molecule has 0 fully saturated rings. The van der Waals surface area contributed by atoms with Crippen LogP contribution < -0.4 is 5.32 Å². The number of nitrogens with zero attached hydrogens (tertiary/aromatic N) is 3. The monoisotopic (exact) mass is 372 g/mol. The topological polar surface area (TPSA) is 96.6 Å². The first-order chi connectivity index (χ1) is 12.5. The van der Waals surface area contributed by atoms with Crippen LogP contribution in [-0.4, -0.2) is 31.6 Å². The van der Waals surface area contributed by atoms with E-state index in [0.717, 1.165) is 17.5 Å². The Hall–Kier alpha value is -2.93. The first-order valence-electron chi connectivity index (χ1n) is 8.10. The number of hydrogen-bond donors (Lipinski definition) is 2. The van der Waals surface area contributed by atoms with Crippen LogP contribution in [0.1, 0.15) is 41.0 Å². The van der Waals surface area contributed by atoms with Crippen molar-refractivity contribution in [2.24, 2.45) is 0 Å². The molecular formula is C18H17ClN4O3. The number of aromatic nitrogens is 3. The second-order valence-corrected chi connectivity index (χ2v) is 6.11.